The Labute approximate surface area is 133 Å². The Morgan fingerprint density at radius 1 is 1.15 bits per heavy atom. The van der Waals surface area contributed by atoms with Crippen LogP contribution in [0.3, 0.4) is 0 Å². The van der Waals surface area contributed by atoms with Gasteiger partial charge in [0.05, 0.1) is 0 Å². The molecular weight excluding hydrogens is 338 g/mol. The Kier molecular flexibility index (Phi) is 5.86. The van der Waals surface area contributed by atoms with E-state index in [2.05, 4.69) is 27.8 Å². The minimum atomic E-state index is 0.480. The highest BCUT2D eigenvalue weighted by Gasteiger charge is 2.04. The van der Waals surface area contributed by atoms with Crippen LogP contribution in [0.15, 0.2) is 40.9 Å². The number of halogens is 2. The molecule has 0 unspecified atom stereocenters. The second-order valence-corrected chi connectivity index (χ2v) is 5.79. The molecule has 0 aliphatic rings. The molecule has 20 heavy (non-hydrogen) atoms. The number of hydrogen-bond acceptors (Lipinski definition) is 2. The van der Waals surface area contributed by atoms with E-state index in [0.717, 1.165) is 34.1 Å². The molecule has 0 amide bonds. The third kappa shape index (κ3) is 4.50. The number of rotatable bonds is 6. The van der Waals surface area contributed by atoms with Gasteiger partial charge in [0.25, 0.3) is 0 Å². The van der Waals surface area contributed by atoms with Crippen molar-refractivity contribution < 1.29 is 4.74 Å². The summed E-state index contributed by atoms with van der Waals surface area (Å²) in [5.74, 6) is 1.13. The SMILES string of the molecule is CCCc1cc(CCl)cc(OCc2ccc(Br)cc2)n1. The molecule has 0 atom stereocenters. The van der Waals surface area contributed by atoms with Gasteiger partial charge < -0.3 is 4.74 Å². The predicted molar refractivity (Wildman–Crippen MR) is 86.3 cm³/mol. The number of hydrogen-bond donors (Lipinski definition) is 0. The van der Waals surface area contributed by atoms with Gasteiger partial charge in [-0.1, -0.05) is 41.4 Å². The van der Waals surface area contributed by atoms with Crippen molar-refractivity contribution in [3.63, 3.8) is 0 Å². The summed E-state index contributed by atoms with van der Waals surface area (Å²) in [7, 11) is 0. The van der Waals surface area contributed by atoms with Crippen molar-refractivity contribution in [1.82, 2.24) is 4.98 Å². The van der Waals surface area contributed by atoms with Gasteiger partial charge in [0.2, 0.25) is 5.88 Å². The molecule has 0 spiro atoms. The van der Waals surface area contributed by atoms with Crippen molar-refractivity contribution in [2.24, 2.45) is 0 Å². The average Bonchev–Trinajstić information content (AvgIpc) is 2.47. The Morgan fingerprint density at radius 3 is 2.55 bits per heavy atom. The fourth-order valence-corrected chi connectivity index (χ4v) is 2.31. The predicted octanol–water partition coefficient (Wildman–Crippen LogP) is 5.11. The zero-order valence-corrected chi connectivity index (χ0v) is 13.7. The van der Waals surface area contributed by atoms with Crippen molar-refractivity contribution in [3.8, 4) is 5.88 Å². The average molecular weight is 355 g/mol. The summed E-state index contributed by atoms with van der Waals surface area (Å²) >= 11 is 9.34. The lowest BCUT2D eigenvalue weighted by molar-refractivity contribution is 0.292. The summed E-state index contributed by atoms with van der Waals surface area (Å²) in [6.45, 7) is 2.65. The normalized spacial score (nSPS) is 10.6. The Balaban J connectivity index is 2.07. The first-order chi connectivity index (χ1) is 9.71. The van der Waals surface area contributed by atoms with E-state index < -0.39 is 0 Å². The zero-order chi connectivity index (χ0) is 14.4. The molecule has 106 valence electrons. The highest BCUT2D eigenvalue weighted by atomic mass is 79.9. The number of nitrogens with zero attached hydrogens (tertiary/aromatic N) is 1. The number of ether oxygens (including phenoxy) is 1. The smallest absolute Gasteiger partial charge is 0.214 e. The minimum absolute atomic E-state index is 0.480. The zero-order valence-electron chi connectivity index (χ0n) is 11.4. The topological polar surface area (TPSA) is 22.1 Å². The third-order valence-corrected chi connectivity index (χ3v) is 3.71. The number of alkyl halides is 1. The van der Waals surface area contributed by atoms with Crippen molar-refractivity contribution in [2.45, 2.75) is 32.3 Å². The number of pyridine rings is 1. The lowest BCUT2D eigenvalue weighted by atomic mass is 10.2. The van der Waals surface area contributed by atoms with Crippen LogP contribution in [0.1, 0.15) is 30.2 Å². The molecule has 2 nitrogen and oxygen atoms in total. The van der Waals surface area contributed by atoms with Crippen molar-refractivity contribution in [1.29, 1.82) is 0 Å². The van der Waals surface area contributed by atoms with E-state index in [-0.39, 0.29) is 0 Å². The molecule has 0 saturated heterocycles. The van der Waals surface area contributed by atoms with E-state index in [1.165, 1.54) is 0 Å². The van der Waals surface area contributed by atoms with Crippen LogP contribution in [-0.2, 0) is 18.9 Å². The first-order valence-electron chi connectivity index (χ1n) is 6.64. The van der Waals surface area contributed by atoms with Gasteiger partial charge in [0, 0.05) is 22.1 Å². The third-order valence-electron chi connectivity index (χ3n) is 2.88. The lowest BCUT2D eigenvalue weighted by Crippen LogP contribution is -2.00. The molecule has 4 heteroatoms. The summed E-state index contributed by atoms with van der Waals surface area (Å²) in [5.41, 5.74) is 3.20. The number of benzene rings is 1. The molecule has 0 N–H and O–H groups in total. The molecular formula is C16H17BrClNO. The first-order valence-corrected chi connectivity index (χ1v) is 7.97. The maximum absolute atomic E-state index is 5.92. The van der Waals surface area contributed by atoms with E-state index in [4.69, 9.17) is 16.3 Å². The van der Waals surface area contributed by atoms with Crippen LogP contribution in [0.25, 0.3) is 0 Å². The molecule has 0 saturated carbocycles. The van der Waals surface area contributed by atoms with E-state index in [1.807, 2.05) is 36.4 Å². The van der Waals surface area contributed by atoms with Gasteiger partial charge in [0.15, 0.2) is 0 Å². The quantitative estimate of drug-likeness (QED) is 0.672. The summed E-state index contributed by atoms with van der Waals surface area (Å²) in [5, 5.41) is 0. The van der Waals surface area contributed by atoms with Gasteiger partial charge in [-0.25, -0.2) is 4.98 Å². The highest BCUT2D eigenvalue weighted by molar-refractivity contribution is 9.10. The standard InChI is InChI=1S/C16H17BrClNO/c1-2-3-15-8-13(10-18)9-16(19-15)20-11-12-4-6-14(17)7-5-12/h4-9H,2-3,10-11H2,1H3. The number of aryl methyl sites for hydroxylation is 1. The van der Waals surface area contributed by atoms with Crippen LogP contribution in [-0.4, -0.2) is 4.98 Å². The van der Waals surface area contributed by atoms with E-state index in [9.17, 15) is 0 Å². The van der Waals surface area contributed by atoms with Gasteiger partial charge >= 0.3 is 0 Å². The first kappa shape index (κ1) is 15.3. The summed E-state index contributed by atoms with van der Waals surface area (Å²) in [4.78, 5) is 4.51. The summed E-state index contributed by atoms with van der Waals surface area (Å²) < 4.78 is 6.84. The molecule has 0 aliphatic carbocycles. The number of aromatic nitrogens is 1. The van der Waals surface area contributed by atoms with Crippen LogP contribution in [0, 0.1) is 0 Å². The fourth-order valence-electron chi connectivity index (χ4n) is 1.89. The van der Waals surface area contributed by atoms with Gasteiger partial charge in [-0.2, -0.15) is 0 Å². The molecule has 2 aromatic rings. The molecule has 2 rings (SSSR count). The Hall–Kier alpha value is -1.06. The minimum Gasteiger partial charge on any atom is -0.473 e. The van der Waals surface area contributed by atoms with Crippen molar-refractivity contribution in [3.05, 3.63) is 57.7 Å². The Morgan fingerprint density at radius 2 is 1.90 bits per heavy atom. The van der Waals surface area contributed by atoms with E-state index in [0.29, 0.717) is 18.4 Å². The fraction of sp³-hybridized carbons (Fsp3) is 0.312. The molecule has 0 fully saturated rings. The summed E-state index contributed by atoms with van der Waals surface area (Å²) in [6, 6.07) is 12.0. The second-order valence-electron chi connectivity index (χ2n) is 4.60. The molecule has 1 aromatic heterocycles. The Bertz CT molecular complexity index is 557. The molecule has 1 aromatic carbocycles. The van der Waals surface area contributed by atoms with Crippen LogP contribution in [0.4, 0.5) is 0 Å². The van der Waals surface area contributed by atoms with Gasteiger partial charge in [-0.15, -0.1) is 11.6 Å². The monoisotopic (exact) mass is 353 g/mol. The van der Waals surface area contributed by atoms with E-state index in [1.54, 1.807) is 0 Å². The van der Waals surface area contributed by atoms with Crippen LogP contribution in [0.5, 0.6) is 5.88 Å². The molecule has 0 aliphatic heterocycles. The maximum Gasteiger partial charge on any atom is 0.214 e. The molecule has 0 radical (unpaired) electrons. The maximum atomic E-state index is 5.92. The summed E-state index contributed by atoms with van der Waals surface area (Å²) in [6.07, 6.45) is 2.00. The second kappa shape index (κ2) is 7.65. The molecule has 1 heterocycles. The molecule has 0 bridgehead atoms. The van der Waals surface area contributed by atoms with Crippen LogP contribution in [0.2, 0.25) is 0 Å². The van der Waals surface area contributed by atoms with Crippen molar-refractivity contribution in [2.75, 3.05) is 0 Å². The highest BCUT2D eigenvalue weighted by Crippen LogP contribution is 2.18. The largest absolute Gasteiger partial charge is 0.473 e. The van der Waals surface area contributed by atoms with Crippen LogP contribution < -0.4 is 4.74 Å². The van der Waals surface area contributed by atoms with Crippen molar-refractivity contribution >= 4 is 27.5 Å². The van der Waals surface area contributed by atoms with E-state index >= 15 is 0 Å². The van der Waals surface area contributed by atoms with Gasteiger partial charge in [-0.3, -0.25) is 0 Å². The van der Waals surface area contributed by atoms with Crippen LogP contribution >= 0.6 is 27.5 Å². The lowest BCUT2D eigenvalue weighted by Gasteiger charge is -2.09. The van der Waals surface area contributed by atoms with Gasteiger partial charge in [0.1, 0.15) is 6.61 Å². The van der Waals surface area contributed by atoms with Gasteiger partial charge in [-0.05, 0) is 35.7 Å².